The highest BCUT2D eigenvalue weighted by molar-refractivity contribution is 7.15. The number of nitrogens with zero attached hydrogens (tertiary/aromatic N) is 1. The van der Waals surface area contributed by atoms with Gasteiger partial charge in [0.05, 0.1) is 6.20 Å². The van der Waals surface area contributed by atoms with Crippen LogP contribution in [0, 0.1) is 5.41 Å². The first kappa shape index (κ1) is 11.9. The Balaban J connectivity index is 2.88. The van der Waals surface area contributed by atoms with Crippen LogP contribution in [0.3, 0.4) is 0 Å². The van der Waals surface area contributed by atoms with Gasteiger partial charge in [-0.3, -0.25) is 0 Å². The maximum atomic E-state index is 10.1. The van der Waals surface area contributed by atoms with Crippen LogP contribution < -0.4 is 5.73 Å². The molecule has 0 saturated heterocycles. The molecule has 14 heavy (non-hydrogen) atoms. The summed E-state index contributed by atoms with van der Waals surface area (Å²) in [7, 11) is 0. The lowest BCUT2D eigenvalue weighted by Gasteiger charge is -2.30. The van der Waals surface area contributed by atoms with Crippen LogP contribution in [-0.2, 0) is 0 Å². The average molecular weight is 235 g/mol. The minimum atomic E-state index is -0.630. The smallest absolute Gasteiger partial charge is 0.123 e. The van der Waals surface area contributed by atoms with Gasteiger partial charge in [-0.25, -0.2) is 4.98 Å². The van der Waals surface area contributed by atoms with E-state index in [1.165, 1.54) is 11.3 Å². The molecular formula is C9H15ClN2OS. The minimum Gasteiger partial charge on any atom is -0.385 e. The Morgan fingerprint density at radius 1 is 1.79 bits per heavy atom. The second kappa shape index (κ2) is 4.57. The Morgan fingerprint density at radius 2 is 2.43 bits per heavy atom. The van der Waals surface area contributed by atoms with E-state index in [9.17, 15) is 5.11 Å². The molecule has 0 bridgehead atoms. The summed E-state index contributed by atoms with van der Waals surface area (Å²) < 4.78 is 0.592. The summed E-state index contributed by atoms with van der Waals surface area (Å²) in [6.45, 7) is 4.39. The van der Waals surface area contributed by atoms with Crippen LogP contribution in [0.25, 0.3) is 0 Å². The molecule has 1 rings (SSSR count). The van der Waals surface area contributed by atoms with Crippen molar-refractivity contribution in [1.29, 1.82) is 0 Å². The molecular weight excluding hydrogens is 220 g/mol. The van der Waals surface area contributed by atoms with Crippen LogP contribution in [0.1, 0.15) is 31.4 Å². The van der Waals surface area contributed by atoms with E-state index in [-0.39, 0.29) is 5.41 Å². The highest BCUT2D eigenvalue weighted by Gasteiger charge is 2.32. The molecule has 80 valence electrons. The second-order valence-electron chi connectivity index (χ2n) is 3.62. The van der Waals surface area contributed by atoms with Gasteiger partial charge < -0.3 is 10.8 Å². The van der Waals surface area contributed by atoms with Crippen LogP contribution in [0.2, 0.25) is 4.34 Å². The molecule has 0 saturated carbocycles. The van der Waals surface area contributed by atoms with Gasteiger partial charge in [0.15, 0.2) is 0 Å². The summed E-state index contributed by atoms with van der Waals surface area (Å²) in [5.74, 6) is 0. The fourth-order valence-electron chi connectivity index (χ4n) is 1.14. The van der Waals surface area contributed by atoms with Gasteiger partial charge in [-0.1, -0.05) is 25.4 Å². The molecule has 1 aromatic rings. The van der Waals surface area contributed by atoms with Crippen molar-refractivity contribution in [2.75, 3.05) is 6.54 Å². The molecule has 0 aliphatic rings. The second-order valence-corrected chi connectivity index (χ2v) is 5.31. The SMILES string of the molecule is CCC(C)(CN)C(O)c1ncc(Cl)s1. The molecule has 2 atom stereocenters. The number of thiazole rings is 1. The van der Waals surface area contributed by atoms with Crippen molar-refractivity contribution in [3.8, 4) is 0 Å². The van der Waals surface area contributed by atoms with Crippen LogP contribution in [0.5, 0.6) is 0 Å². The summed E-state index contributed by atoms with van der Waals surface area (Å²) in [6.07, 6.45) is 1.73. The third kappa shape index (κ3) is 2.25. The van der Waals surface area contributed by atoms with Gasteiger partial charge in [0.25, 0.3) is 0 Å². The molecule has 0 amide bonds. The molecule has 3 N–H and O–H groups in total. The Labute approximate surface area is 92.9 Å². The van der Waals surface area contributed by atoms with Crippen molar-refractivity contribution in [2.24, 2.45) is 11.1 Å². The largest absolute Gasteiger partial charge is 0.385 e. The zero-order chi connectivity index (χ0) is 10.8. The number of nitrogens with two attached hydrogens (primary N) is 1. The number of hydrogen-bond donors (Lipinski definition) is 2. The van der Waals surface area contributed by atoms with Crippen molar-refractivity contribution in [3.63, 3.8) is 0 Å². The van der Waals surface area contributed by atoms with Gasteiger partial charge >= 0.3 is 0 Å². The molecule has 1 aromatic heterocycles. The first-order valence-corrected chi connectivity index (χ1v) is 5.72. The predicted molar refractivity (Wildman–Crippen MR) is 59.5 cm³/mol. The minimum absolute atomic E-state index is 0.318. The topological polar surface area (TPSA) is 59.1 Å². The molecule has 1 heterocycles. The van der Waals surface area contributed by atoms with Gasteiger partial charge in [0, 0.05) is 12.0 Å². The molecule has 5 heteroatoms. The van der Waals surface area contributed by atoms with Gasteiger partial charge in [-0.05, 0) is 6.42 Å². The van der Waals surface area contributed by atoms with Crippen molar-refractivity contribution in [3.05, 3.63) is 15.5 Å². The molecule has 2 unspecified atom stereocenters. The number of aliphatic hydroxyl groups excluding tert-OH is 1. The van der Waals surface area contributed by atoms with Gasteiger partial charge in [-0.15, -0.1) is 11.3 Å². The monoisotopic (exact) mass is 234 g/mol. The molecule has 0 aliphatic carbocycles. The third-order valence-electron chi connectivity index (χ3n) is 2.66. The van der Waals surface area contributed by atoms with E-state index >= 15 is 0 Å². The zero-order valence-corrected chi connectivity index (χ0v) is 9.90. The van der Waals surface area contributed by atoms with Crippen molar-refractivity contribution >= 4 is 22.9 Å². The van der Waals surface area contributed by atoms with Crippen LogP contribution in [0.15, 0.2) is 6.20 Å². The highest BCUT2D eigenvalue weighted by Crippen LogP contribution is 2.38. The van der Waals surface area contributed by atoms with Gasteiger partial charge in [0.1, 0.15) is 15.4 Å². The summed E-state index contributed by atoms with van der Waals surface area (Å²) in [5.41, 5.74) is 5.33. The quantitative estimate of drug-likeness (QED) is 0.840. The van der Waals surface area contributed by atoms with E-state index in [1.54, 1.807) is 6.20 Å². The molecule has 0 fully saturated rings. The number of aromatic nitrogens is 1. The molecule has 3 nitrogen and oxygen atoms in total. The fourth-order valence-corrected chi connectivity index (χ4v) is 2.23. The third-order valence-corrected chi connectivity index (χ3v) is 3.83. The first-order valence-electron chi connectivity index (χ1n) is 4.53. The summed E-state index contributed by atoms with van der Waals surface area (Å²) in [6, 6.07) is 0. The van der Waals surface area contributed by atoms with Gasteiger partial charge in [0.2, 0.25) is 0 Å². The Hall–Kier alpha value is -0.160. The number of hydrogen-bond acceptors (Lipinski definition) is 4. The number of halogens is 1. The molecule has 0 spiro atoms. The summed E-state index contributed by atoms with van der Waals surface area (Å²) in [4.78, 5) is 4.06. The van der Waals surface area contributed by atoms with E-state index in [0.29, 0.717) is 15.9 Å². The maximum Gasteiger partial charge on any atom is 0.123 e. The Morgan fingerprint density at radius 3 is 2.79 bits per heavy atom. The van der Waals surface area contributed by atoms with E-state index in [1.807, 2.05) is 13.8 Å². The summed E-state index contributed by atoms with van der Waals surface area (Å²) in [5, 5.41) is 10.7. The Kier molecular flexibility index (Phi) is 3.89. The van der Waals surface area contributed by atoms with Crippen molar-refractivity contribution < 1.29 is 5.11 Å². The van der Waals surface area contributed by atoms with Crippen LogP contribution in [0.4, 0.5) is 0 Å². The lowest BCUT2D eigenvalue weighted by atomic mass is 9.82. The lowest BCUT2D eigenvalue weighted by Crippen LogP contribution is -2.33. The zero-order valence-electron chi connectivity index (χ0n) is 8.33. The normalized spacial score (nSPS) is 17.8. The highest BCUT2D eigenvalue weighted by atomic mass is 35.5. The fraction of sp³-hybridized carbons (Fsp3) is 0.667. The first-order chi connectivity index (χ1) is 6.53. The number of aliphatic hydroxyl groups is 1. The maximum absolute atomic E-state index is 10.1. The standard InChI is InChI=1S/C9H15ClN2OS/c1-3-9(2,5-11)7(13)8-12-4-6(10)14-8/h4,7,13H,3,5,11H2,1-2H3. The van der Waals surface area contributed by atoms with Crippen molar-refractivity contribution in [1.82, 2.24) is 4.98 Å². The average Bonchev–Trinajstić information content (AvgIpc) is 2.62. The predicted octanol–water partition coefficient (Wildman–Crippen LogP) is 2.20. The van der Waals surface area contributed by atoms with Crippen LogP contribution in [-0.4, -0.2) is 16.6 Å². The molecule has 0 aromatic carbocycles. The van der Waals surface area contributed by atoms with Gasteiger partial charge in [-0.2, -0.15) is 0 Å². The molecule has 0 aliphatic heterocycles. The Bertz CT molecular complexity index is 299. The molecule has 0 radical (unpaired) electrons. The van der Waals surface area contributed by atoms with E-state index in [2.05, 4.69) is 4.98 Å². The van der Waals surface area contributed by atoms with E-state index in [4.69, 9.17) is 17.3 Å². The van der Waals surface area contributed by atoms with Crippen molar-refractivity contribution in [2.45, 2.75) is 26.4 Å². The van der Waals surface area contributed by atoms with E-state index < -0.39 is 6.10 Å². The number of rotatable bonds is 4. The summed E-state index contributed by atoms with van der Waals surface area (Å²) >= 11 is 7.06. The lowest BCUT2D eigenvalue weighted by molar-refractivity contribution is 0.0390. The van der Waals surface area contributed by atoms with Crippen LogP contribution >= 0.6 is 22.9 Å². The van der Waals surface area contributed by atoms with E-state index in [0.717, 1.165) is 6.42 Å².